The molecule has 4 heteroatoms. The van der Waals surface area contributed by atoms with Crippen LogP contribution in [-0.4, -0.2) is 19.5 Å². The second kappa shape index (κ2) is 12.6. The van der Waals surface area contributed by atoms with Gasteiger partial charge in [-0.25, -0.2) is 15.0 Å². The quantitative estimate of drug-likeness (QED) is 0.179. The molecule has 9 aromatic carbocycles. The lowest BCUT2D eigenvalue weighted by atomic mass is 10.00. The molecule has 2 aromatic heterocycles. The fraction of sp³-hybridized carbons (Fsp3) is 0. The van der Waals surface area contributed by atoms with Crippen molar-refractivity contribution in [2.24, 2.45) is 0 Å². The van der Waals surface area contributed by atoms with Crippen molar-refractivity contribution in [2.45, 2.75) is 0 Å². The minimum Gasteiger partial charge on any atom is -0.308 e. The summed E-state index contributed by atoms with van der Waals surface area (Å²) in [6.45, 7) is 0. The molecule has 0 saturated heterocycles. The average Bonchev–Trinajstić information content (AvgIpc) is 3.61. The molecule has 0 N–H and O–H groups in total. The highest BCUT2D eigenvalue weighted by molar-refractivity contribution is 6.21. The normalized spacial score (nSPS) is 11.6. The van der Waals surface area contributed by atoms with Gasteiger partial charge < -0.3 is 4.57 Å². The van der Waals surface area contributed by atoms with Crippen molar-refractivity contribution in [3.8, 4) is 51.0 Å². The Hall–Kier alpha value is -7.43. The zero-order valence-corrected chi connectivity index (χ0v) is 29.8. The second-order valence-electron chi connectivity index (χ2n) is 14.1. The number of fused-ring (bicyclic) bond motifs is 7. The van der Waals surface area contributed by atoms with Crippen LogP contribution in [0.1, 0.15) is 0 Å². The summed E-state index contributed by atoms with van der Waals surface area (Å²) in [5.74, 6) is 1.88. The van der Waals surface area contributed by atoms with Gasteiger partial charge in [0.2, 0.25) is 0 Å². The van der Waals surface area contributed by atoms with E-state index in [0.717, 1.165) is 49.7 Å². The molecule has 55 heavy (non-hydrogen) atoms. The summed E-state index contributed by atoms with van der Waals surface area (Å²) < 4.78 is 2.39. The number of hydrogen-bond acceptors (Lipinski definition) is 3. The summed E-state index contributed by atoms with van der Waals surface area (Å²) in [5.41, 5.74) is 8.40. The molecule has 0 radical (unpaired) electrons. The van der Waals surface area contributed by atoms with Crippen LogP contribution in [0.15, 0.2) is 194 Å². The predicted octanol–water partition coefficient (Wildman–Crippen LogP) is 13.1. The van der Waals surface area contributed by atoms with Crippen LogP contribution in [0.3, 0.4) is 0 Å². The highest BCUT2D eigenvalue weighted by Gasteiger charge is 2.21. The van der Waals surface area contributed by atoms with E-state index in [1.54, 1.807) is 0 Å². The van der Waals surface area contributed by atoms with Crippen LogP contribution >= 0.6 is 0 Å². The summed E-state index contributed by atoms with van der Waals surface area (Å²) in [4.78, 5) is 15.6. The molecule has 256 valence electrons. The van der Waals surface area contributed by atoms with Crippen molar-refractivity contribution in [2.75, 3.05) is 0 Å². The molecule has 0 fully saturated rings. The number of benzene rings is 9. The number of rotatable bonds is 5. The van der Waals surface area contributed by atoms with E-state index >= 15 is 0 Å². The van der Waals surface area contributed by atoms with E-state index in [4.69, 9.17) is 15.0 Å². The molecule has 0 atom stereocenters. The third kappa shape index (κ3) is 5.26. The third-order valence-electron chi connectivity index (χ3n) is 10.8. The van der Waals surface area contributed by atoms with Crippen molar-refractivity contribution >= 4 is 54.1 Å². The van der Waals surface area contributed by atoms with Gasteiger partial charge in [0.1, 0.15) is 0 Å². The summed E-state index contributed by atoms with van der Waals surface area (Å²) >= 11 is 0. The largest absolute Gasteiger partial charge is 0.308 e. The lowest BCUT2D eigenvalue weighted by molar-refractivity contribution is 1.07. The Labute approximate surface area is 317 Å². The molecule has 0 amide bonds. The molecule has 0 spiro atoms. The number of aromatic nitrogens is 4. The van der Waals surface area contributed by atoms with Crippen LogP contribution in [0.5, 0.6) is 0 Å². The fourth-order valence-electron chi connectivity index (χ4n) is 8.11. The zero-order chi connectivity index (χ0) is 36.3. The molecule has 0 aliphatic heterocycles. The zero-order valence-electron chi connectivity index (χ0n) is 29.8. The van der Waals surface area contributed by atoms with Gasteiger partial charge in [-0.1, -0.05) is 164 Å². The molecule has 0 unspecified atom stereocenters. The minimum absolute atomic E-state index is 0.620. The van der Waals surface area contributed by atoms with Gasteiger partial charge in [-0.15, -0.1) is 0 Å². The lowest BCUT2D eigenvalue weighted by Crippen LogP contribution is -2.04. The van der Waals surface area contributed by atoms with Crippen LogP contribution in [0.2, 0.25) is 0 Å². The molecule has 11 rings (SSSR count). The molecular weight excluding hydrogens is 669 g/mol. The highest BCUT2D eigenvalue weighted by Crippen LogP contribution is 2.41. The van der Waals surface area contributed by atoms with E-state index < -0.39 is 0 Å². The van der Waals surface area contributed by atoms with Crippen molar-refractivity contribution in [1.29, 1.82) is 0 Å². The Kier molecular flexibility index (Phi) is 7.14. The Morgan fingerprint density at radius 2 is 0.836 bits per heavy atom. The molecule has 11 aromatic rings. The molecule has 0 aliphatic carbocycles. The maximum absolute atomic E-state index is 5.29. The summed E-state index contributed by atoms with van der Waals surface area (Å²) in [5, 5.41) is 9.63. The summed E-state index contributed by atoms with van der Waals surface area (Å²) in [6, 6.07) is 68.7. The smallest absolute Gasteiger partial charge is 0.166 e. The Morgan fingerprint density at radius 1 is 0.309 bits per heavy atom. The lowest BCUT2D eigenvalue weighted by Gasteiger charge is -2.16. The van der Waals surface area contributed by atoms with Gasteiger partial charge >= 0.3 is 0 Å². The maximum Gasteiger partial charge on any atom is 0.166 e. The second-order valence-corrected chi connectivity index (χ2v) is 14.1. The van der Waals surface area contributed by atoms with Gasteiger partial charge in [-0.3, -0.25) is 0 Å². The first-order valence-corrected chi connectivity index (χ1v) is 18.6. The first kappa shape index (κ1) is 31.1. The topological polar surface area (TPSA) is 43.6 Å². The molecule has 2 heterocycles. The van der Waals surface area contributed by atoms with E-state index in [2.05, 4.69) is 180 Å². The number of hydrogen-bond donors (Lipinski definition) is 0. The first-order chi connectivity index (χ1) is 27.2. The van der Waals surface area contributed by atoms with E-state index in [1.807, 2.05) is 18.2 Å². The Bertz CT molecular complexity index is 3250. The van der Waals surface area contributed by atoms with Crippen LogP contribution < -0.4 is 0 Å². The van der Waals surface area contributed by atoms with Crippen LogP contribution in [0.25, 0.3) is 105 Å². The molecular formula is C51H32N4. The van der Waals surface area contributed by atoms with E-state index in [-0.39, 0.29) is 0 Å². The van der Waals surface area contributed by atoms with E-state index in [1.165, 1.54) is 37.9 Å². The van der Waals surface area contributed by atoms with Crippen molar-refractivity contribution in [3.63, 3.8) is 0 Å². The Morgan fingerprint density at radius 3 is 1.60 bits per heavy atom. The fourth-order valence-corrected chi connectivity index (χ4v) is 8.11. The average molecular weight is 701 g/mol. The van der Waals surface area contributed by atoms with Gasteiger partial charge in [0.25, 0.3) is 0 Å². The van der Waals surface area contributed by atoms with E-state index in [9.17, 15) is 0 Å². The summed E-state index contributed by atoms with van der Waals surface area (Å²) in [7, 11) is 0. The Balaban J connectivity index is 1.15. The highest BCUT2D eigenvalue weighted by atomic mass is 15.1. The van der Waals surface area contributed by atoms with Crippen molar-refractivity contribution in [3.05, 3.63) is 194 Å². The van der Waals surface area contributed by atoms with Gasteiger partial charge in [-0.05, 0) is 73.8 Å². The van der Waals surface area contributed by atoms with Gasteiger partial charge in [0.15, 0.2) is 17.5 Å². The molecule has 4 nitrogen and oxygen atoms in total. The van der Waals surface area contributed by atoms with Crippen LogP contribution in [0, 0.1) is 0 Å². The molecule has 0 bridgehead atoms. The first-order valence-electron chi connectivity index (χ1n) is 18.6. The predicted molar refractivity (Wildman–Crippen MR) is 228 cm³/mol. The van der Waals surface area contributed by atoms with Crippen LogP contribution in [0.4, 0.5) is 0 Å². The SMILES string of the molecule is c1ccc(-c2nc(-c3ccc(-c4ccc5ccccc5c4)cc3)nc(-c3cc4ccccc4cc3-n3c4ccccc4c4c5ccccc5ccc43)n2)cc1. The molecule has 0 saturated carbocycles. The van der Waals surface area contributed by atoms with Crippen LogP contribution in [-0.2, 0) is 0 Å². The molecule has 0 aliphatic rings. The minimum atomic E-state index is 0.620. The maximum atomic E-state index is 5.29. The monoisotopic (exact) mass is 700 g/mol. The van der Waals surface area contributed by atoms with Gasteiger partial charge in [0, 0.05) is 27.5 Å². The van der Waals surface area contributed by atoms with Gasteiger partial charge in [0.05, 0.1) is 16.7 Å². The summed E-state index contributed by atoms with van der Waals surface area (Å²) in [6.07, 6.45) is 0. The van der Waals surface area contributed by atoms with Crippen molar-refractivity contribution < 1.29 is 0 Å². The van der Waals surface area contributed by atoms with E-state index in [0.29, 0.717) is 17.5 Å². The van der Waals surface area contributed by atoms with Gasteiger partial charge in [-0.2, -0.15) is 0 Å². The van der Waals surface area contributed by atoms with Crippen molar-refractivity contribution in [1.82, 2.24) is 19.5 Å². The number of para-hydroxylation sites is 1. The third-order valence-corrected chi connectivity index (χ3v) is 10.8. The number of nitrogens with zero attached hydrogens (tertiary/aromatic N) is 4. The standard InChI is InChI=1S/C51H32N4/c1-2-14-36(15-3-1)49-52-50(37-25-22-34(23-26-37)41-27-24-33-12-4-5-16-38(33)30-41)54-51(53-49)44-31-39-17-6-7-18-40(39)32-47(44)55-45-21-11-10-20-43(45)48-42-19-9-8-13-35(42)28-29-46(48)55/h1-32H.